The van der Waals surface area contributed by atoms with Gasteiger partial charge in [-0.25, -0.2) is 9.97 Å². The number of rotatable bonds is 5. The standard InChI is InChI=1S/C61H48N2/c1-59(2)52-16-11-10-15-45(52)46-26-20-41(34-55(46)59)44-23-17-38(37-13-8-7-9-14-37)31-51(44)42-21-27-49-47-24-18-39(32-53(47)60(3,4)56(49)35-42)40-19-25-48-50-28-22-43(58-62-29-12-30-63-58)36-57(50)61(5,6)54(48)33-40/h7-36H,1-6H3. The lowest BCUT2D eigenvalue weighted by Gasteiger charge is -2.24. The summed E-state index contributed by atoms with van der Waals surface area (Å²) >= 11 is 0. The van der Waals surface area contributed by atoms with Crippen molar-refractivity contribution < 1.29 is 0 Å². The Hall–Kier alpha value is -7.16. The Morgan fingerprint density at radius 2 is 0.619 bits per heavy atom. The molecule has 63 heavy (non-hydrogen) atoms. The van der Waals surface area contributed by atoms with Crippen molar-refractivity contribution in [3.05, 3.63) is 216 Å². The van der Waals surface area contributed by atoms with Crippen molar-refractivity contribution in [1.82, 2.24) is 9.97 Å². The van der Waals surface area contributed by atoms with Crippen LogP contribution in [0.2, 0.25) is 0 Å². The van der Waals surface area contributed by atoms with Crippen molar-refractivity contribution in [3.63, 3.8) is 0 Å². The molecule has 0 saturated carbocycles. The second-order valence-corrected chi connectivity index (χ2v) is 19.4. The minimum Gasteiger partial charge on any atom is -0.237 e. The first kappa shape index (κ1) is 37.6. The molecule has 2 nitrogen and oxygen atoms in total. The van der Waals surface area contributed by atoms with Crippen LogP contribution in [0, 0.1) is 0 Å². The summed E-state index contributed by atoms with van der Waals surface area (Å²) in [6.45, 7) is 14.2. The van der Waals surface area contributed by atoms with Gasteiger partial charge in [-0.05, 0) is 154 Å². The van der Waals surface area contributed by atoms with Gasteiger partial charge in [-0.2, -0.15) is 0 Å². The summed E-state index contributed by atoms with van der Waals surface area (Å²) in [5.41, 5.74) is 26.8. The first-order valence-electron chi connectivity index (χ1n) is 22.3. The van der Waals surface area contributed by atoms with Gasteiger partial charge in [0, 0.05) is 34.2 Å². The molecule has 12 rings (SSSR count). The number of nitrogens with zero attached hydrogens (tertiary/aromatic N) is 2. The molecule has 0 aliphatic heterocycles. The van der Waals surface area contributed by atoms with Crippen LogP contribution in [0.3, 0.4) is 0 Å². The van der Waals surface area contributed by atoms with Gasteiger partial charge in [-0.3, -0.25) is 0 Å². The summed E-state index contributed by atoms with van der Waals surface area (Å²) in [4.78, 5) is 9.08. The first-order valence-corrected chi connectivity index (χ1v) is 22.3. The maximum absolute atomic E-state index is 4.54. The fourth-order valence-electron chi connectivity index (χ4n) is 11.3. The summed E-state index contributed by atoms with van der Waals surface area (Å²) in [6.07, 6.45) is 3.63. The minimum absolute atomic E-state index is 0.0717. The van der Waals surface area contributed by atoms with Crippen LogP contribution in [0.4, 0.5) is 0 Å². The topological polar surface area (TPSA) is 25.8 Å². The van der Waals surface area contributed by atoms with E-state index in [1.807, 2.05) is 18.5 Å². The Morgan fingerprint density at radius 1 is 0.254 bits per heavy atom. The molecule has 1 heterocycles. The molecule has 3 aliphatic carbocycles. The zero-order valence-electron chi connectivity index (χ0n) is 36.7. The molecule has 0 amide bonds. The van der Waals surface area contributed by atoms with E-state index in [1.54, 1.807) is 0 Å². The molecule has 0 N–H and O–H groups in total. The van der Waals surface area contributed by atoms with Crippen LogP contribution in [-0.4, -0.2) is 9.97 Å². The van der Waals surface area contributed by atoms with Gasteiger partial charge in [0.25, 0.3) is 0 Å². The molecular weight excluding hydrogens is 761 g/mol. The fraction of sp³-hybridized carbons (Fsp3) is 0.148. The summed E-state index contributed by atoms with van der Waals surface area (Å²) in [5, 5.41) is 0. The van der Waals surface area contributed by atoms with Crippen molar-refractivity contribution in [3.8, 4) is 89.3 Å². The maximum atomic E-state index is 4.54. The van der Waals surface area contributed by atoms with Crippen LogP contribution >= 0.6 is 0 Å². The molecular formula is C61H48N2. The highest BCUT2D eigenvalue weighted by molar-refractivity contribution is 5.93. The lowest BCUT2D eigenvalue weighted by atomic mass is 9.79. The van der Waals surface area contributed by atoms with Crippen LogP contribution in [0.1, 0.15) is 74.9 Å². The second-order valence-electron chi connectivity index (χ2n) is 19.4. The fourth-order valence-corrected chi connectivity index (χ4v) is 11.3. The minimum atomic E-state index is -0.195. The lowest BCUT2D eigenvalue weighted by molar-refractivity contribution is 0.659. The molecule has 0 unspecified atom stereocenters. The molecule has 0 saturated heterocycles. The van der Waals surface area contributed by atoms with E-state index in [0.29, 0.717) is 0 Å². The molecule has 9 aromatic rings. The third kappa shape index (κ3) is 5.57. The van der Waals surface area contributed by atoms with E-state index in [2.05, 4.69) is 215 Å². The second kappa shape index (κ2) is 13.4. The van der Waals surface area contributed by atoms with E-state index >= 15 is 0 Å². The quantitative estimate of drug-likeness (QED) is 0.173. The zero-order chi connectivity index (χ0) is 42.8. The molecule has 0 bridgehead atoms. The predicted octanol–water partition coefficient (Wildman–Crippen LogP) is 15.7. The molecule has 3 aliphatic rings. The largest absolute Gasteiger partial charge is 0.237 e. The van der Waals surface area contributed by atoms with Crippen LogP contribution in [0.15, 0.2) is 182 Å². The summed E-state index contributed by atoms with van der Waals surface area (Å²) in [7, 11) is 0. The summed E-state index contributed by atoms with van der Waals surface area (Å²) < 4.78 is 0. The summed E-state index contributed by atoms with van der Waals surface area (Å²) in [5.74, 6) is 0.762. The molecule has 0 atom stereocenters. The Bertz CT molecular complexity index is 3350. The van der Waals surface area contributed by atoms with Crippen molar-refractivity contribution in [1.29, 1.82) is 0 Å². The number of fused-ring (bicyclic) bond motifs is 9. The van der Waals surface area contributed by atoms with Crippen LogP contribution < -0.4 is 0 Å². The monoisotopic (exact) mass is 808 g/mol. The van der Waals surface area contributed by atoms with E-state index in [-0.39, 0.29) is 16.2 Å². The Kier molecular flexibility index (Phi) is 8.01. The van der Waals surface area contributed by atoms with Gasteiger partial charge in [0.05, 0.1) is 0 Å². The Balaban J connectivity index is 0.926. The number of hydrogen-bond acceptors (Lipinski definition) is 2. The maximum Gasteiger partial charge on any atom is 0.159 e. The molecule has 1 aromatic heterocycles. The average Bonchev–Trinajstić information content (AvgIpc) is 3.80. The van der Waals surface area contributed by atoms with Gasteiger partial charge in [0.15, 0.2) is 5.82 Å². The van der Waals surface area contributed by atoms with Gasteiger partial charge in [-0.15, -0.1) is 0 Å². The van der Waals surface area contributed by atoms with E-state index in [1.165, 1.54) is 111 Å². The number of aromatic nitrogens is 2. The van der Waals surface area contributed by atoms with Crippen molar-refractivity contribution >= 4 is 0 Å². The highest BCUT2D eigenvalue weighted by Gasteiger charge is 2.39. The number of hydrogen-bond donors (Lipinski definition) is 0. The Morgan fingerprint density at radius 3 is 1.16 bits per heavy atom. The van der Waals surface area contributed by atoms with Gasteiger partial charge in [-0.1, -0.05) is 169 Å². The van der Waals surface area contributed by atoms with Crippen LogP contribution in [-0.2, 0) is 16.2 Å². The third-order valence-corrected chi connectivity index (χ3v) is 14.8. The average molecular weight is 809 g/mol. The van der Waals surface area contributed by atoms with Gasteiger partial charge >= 0.3 is 0 Å². The van der Waals surface area contributed by atoms with Crippen molar-refractivity contribution in [2.24, 2.45) is 0 Å². The van der Waals surface area contributed by atoms with Crippen molar-refractivity contribution in [2.45, 2.75) is 57.8 Å². The molecule has 8 aromatic carbocycles. The first-order chi connectivity index (χ1) is 30.5. The summed E-state index contributed by atoms with van der Waals surface area (Å²) in [6, 6.07) is 63.9. The molecule has 0 fully saturated rings. The SMILES string of the molecule is CC1(C)c2cc(-c3ccc4c(c3)C(C)(C)c3cc(-c5cc(-c6ccccc6)ccc5-c5ccc6c(c5)C(C)(C)c5ccccc5-6)ccc3-4)ccc2-c2ccc(-c3ncccn3)cc21. The van der Waals surface area contributed by atoms with Gasteiger partial charge < -0.3 is 0 Å². The molecule has 0 radical (unpaired) electrons. The van der Waals surface area contributed by atoms with E-state index in [0.717, 1.165) is 11.4 Å². The van der Waals surface area contributed by atoms with Gasteiger partial charge in [0.2, 0.25) is 0 Å². The molecule has 2 heteroatoms. The molecule has 0 spiro atoms. The van der Waals surface area contributed by atoms with Crippen molar-refractivity contribution in [2.75, 3.05) is 0 Å². The zero-order valence-corrected chi connectivity index (χ0v) is 36.7. The van der Waals surface area contributed by atoms with Crippen LogP contribution in [0.25, 0.3) is 89.3 Å². The highest BCUT2D eigenvalue weighted by Crippen LogP contribution is 2.54. The Labute approximate surface area is 371 Å². The number of benzene rings is 8. The lowest BCUT2D eigenvalue weighted by Crippen LogP contribution is -2.15. The normalized spacial score (nSPS) is 15.2. The predicted molar refractivity (Wildman–Crippen MR) is 262 cm³/mol. The van der Waals surface area contributed by atoms with Crippen LogP contribution in [0.5, 0.6) is 0 Å². The smallest absolute Gasteiger partial charge is 0.159 e. The third-order valence-electron chi connectivity index (χ3n) is 14.8. The molecule has 302 valence electrons. The van der Waals surface area contributed by atoms with E-state index < -0.39 is 0 Å². The highest BCUT2D eigenvalue weighted by atomic mass is 14.8. The van der Waals surface area contributed by atoms with E-state index in [9.17, 15) is 0 Å². The van der Waals surface area contributed by atoms with Gasteiger partial charge in [0.1, 0.15) is 0 Å². The van der Waals surface area contributed by atoms with E-state index in [4.69, 9.17) is 0 Å².